The standard InChI is InChI=1S/C18H19N3O2/c1-18(22-11-12-23-18)13-17(14-7-3-2-4-8-14)21-16-10-6-5-9-15(16)19-20-21/h2-10,17H,11-13H2,1H3. The summed E-state index contributed by atoms with van der Waals surface area (Å²) in [5, 5.41) is 8.69. The van der Waals surface area contributed by atoms with E-state index in [2.05, 4.69) is 22.4 Å². The van der Waals surface area contributed by atoms with Crippen LogP contribution in [0.1, 0.15) is 24.9 Å². The molecule has 3 aromatic rings. The predicted molar refractivity (Wildman–Crippen MR) is 87.0 cm³/mol. The van der Waals surface area contributed by atoms with Crippen molar-refractivity contribution in [2.75, 3.05) is 13.2 Å². The molecule has 0 radical (unpaired) electrons. The largest absolute Gasteiger partial charge is 0.348 e. The molecule has 4 rings (SSSR count). The maximum Gasteiger partial charge on any atom is 0.168 e. The van der Waals surface area contributed by atoms with Crippen LogP contribution in [0.3, 0.4) is 0 Å². The van der Waals surface area contributed by atoms with Crippen molar-refractivity contribution in [3.05, 3.63) is 60.2 Å². The average molecular weight is 309 g/mol. The molecule has 5 heteroatoms. The molecule has 1 saturated heterocycles. The highest BCUT2D eigenvalue weighted by Gasteiger charge is 2.36. The highest BCUT2D eigenvalue weighted by Crippen LogP contribution is 2.34. The van der Waals surface area contributed by atoms with Gasteiger partial charge in [0, 0.05) is 6.42 Å². The van der Waals surface area contributed by atoms with Gasteiger partial charge in [0.25, 0.3) is 0 Å². The number of nitrogens with zero attached hydrogens (tertiary/aromatic N) is 3. The van der Waals surface area contributed by atoms with E-state index in [9.17, 15) is 0 Å². The molecule has 1 aliphatic heterocycles. The summed E-state index contributed by atoms with van der Waals surface area (Å²) in [6.45, 7) is 3.27. The van der Waals surface area contributed by atoms with Crippen molar-refractivity contribution in [1.82, 2.24) is 15.0 Å². The van der Waals surface area contributed by atoms with Crippen LogP contribution in [0.25, 0.3) is 11.0 Å². The van der Waals surface area contributed by atoms with Crippen LogP contribution in [0, 0.1) is 0 Å². The lowest BCUT2D eigenvalue weighted by molar-refractivity contribution is -0.151. The Morgan fingerprint density at radius 2 is 1.74 bits per heavy atom. The number of aromatic nitrogens is 3. The van der Waals surface area contributed by atoms with Crippen molar-refractivity contribution < 1.29 is 9.47 Å². The van der Waals surface area contributed by atoms with Gasteiger partial charge < -0.3 is 9.47 Å². The number of fused-ring (bicyclic) bond motifs is 1. The van der Waals surface area contributed by atoms with Crippen LogP contribution in [0.2, 0.25) is 0 Å². The van der Waals surface area contributed by atoms with Crippen LogP contribution < -0.4 is 0 Å². The van der Waals surface area contributed by atoms with Crippen LogP contribution in [-0.2, 0) is 9.47 Å². The van der Waals surface area contributed by atoms with Gasteiger partial charge in [-0.2, -0.15) is 0 Å². The Morgan fingerprint density at radius 1 is 1.04 bits per heavy atom. The monoisotopic (exact) mass is 309 g/mol. The molecule has 0 amide bonds. The maximum atomic E-state index is 5.82. The first-order chi connectivity index (χ1) is 11.3. The van der Waals surface area contributed by atoms with Gasteiger partial charge in [0.2, 0.25) is 0 Å². The van der Waals surface area contributed by atoms with Crippen LogP contribution in [0.15, 0.2) is 54.6 Å². The summed E-state index contributed by atoms with van der Waals surface area (Å²) in [7, 11) is 0. The summed E-state index contributed by atoms with van der Waals surface area (Å²) in [6.07, 6.45) is 0.685. The van der Waals surface area contributed by atoms with Crippen molar-refractivity contribution in [2.24, 2.45) is 0 Å². The Morgan fingerprint density at radius 3 is 2.52 bits per heavy atom. The highest BCUT2D eigenvalue weighted by molar-refractivity contribution is 5.74. The van der Waals surface area contributed by atoms with Gasteiger partial charge in [-0.3, -0.25) is 0 Å². The van der Waals surface area contributed by atoms with Gasteiger partial charge in [-0.1, -0.05) is 47.7 Å². The van der Waals surface area contributed by atoms with Crippen molar-refractivity contribution in [3.8, 4) is 0 Å². The van der Waals surface area contributed by atoms with E-state index < -0.39 is 5.79 Å². The summed E-state index contributed by atoms with van der Waals surface area (Å²) in [6, 6.07) is 18.3. The first-order valence-electron chi connectivity index (χ1n) is 7.88. The lowest BCUT2D eigenvalue weighted by atomic mass is 9.99. The molecule has 1 aromatic heterocycles. The van der Waals surface area contributed by atoms with Gasteiger partial charge in [0.15, 0.2) is 5.79 Å². The number of hydrogen-bond acceptors (Lipinski definition) is 4. The molecule has 1 atom stereocenters. The molecule has 2 heterocycles. The van der Waals surface area contributed by atoms with Crippen LogP contribution in [0.5, 0.6) is 0 Å². The highest BCUT2D eigenvalue weighted by atomic mass is 16.7. The minimum Gasteiger partial charge on any atom is -0.348 e. The zero-order chi connectivity index (χ0) is 15.7. The molecule has 5 nitrogen and oxygen atoms in total. The second-order valence-electron chi connectivity index (χ2n) is 5.98. The Balaban J connectivity index is 1.79. The Labute approximate surface area is 134 Å². The van der Waals surface area contributed by atoms with Crippen molar-refractivity contribution in [2.45, 2.75) is 25.2 Å². The second kappa shape index (κ2) is 5.76. The van der Waals surface area contributed by atoms with Gasteiger partial charge in [-0.25, -0.2) is 4.68 Å². The fraction of sp³-hybridized carbons (Fsp3) is 0.333. The molecule has 23 heavy (non-hydrogen) atoms. The van der Waals surface area contributed by atoms with E-state index in [1.165, 1.54) is 5.56 Å². The minimum absolute atomic E-state index is 0.00620. The Bertz CT molecular complexity index is 794. The molecule has 1 fully saturated rings. The van der Waals surface area contributed by atoms with E-state index in [1.54, 1.807) is 0 Å². The number of rotatable bonds is 4. The van der Waals surface area contributed by atoms with Gasteiger partial charge >= 0.3 is 0 Å². The fourth-order valence-corrected chi connectivity index (χ4v) is 3.16. The number of benzene rings is 2. The van der Waals surface area contributed by atoms with Crippen molar-refractivity contribution >= 4 is 11.0 Å². The third-order valence-corrected chi connectivity index (χ3v) is 4.32. The molecule has 0 N–H and O–H groups in total. The quantitative estimate of drug-likeness (QED) is 0.743. The second-order valence-corrected chi connectivity index (χ2v) is 5.98. The van der Waals surface area contributed by atoms with E-state index in [0.29, 0.717) is 19.6 Å². The van der Waals surface area contributed by atoms with E-state index in [1.807, 2.05) is 54.1 Å². The molecule has 2 aromatic carbocycles. The van der Waals surface area contributed by atoms with E-state index >= 15 is 0 Å². The molecule has 0 spiro atoms. The maximum absolute atomic E-state index is 5.82. The van der Waals surface area contributed by atoms with Crippen LogP contribution >= 0.6 is 0 Å². The van der Waals surface area contributed by atoms with Gasteiger partial charge in [0.05, 0.1) is 24.8 Å². The molecular weight excluding hydrogens is 290 g/mol. The Hall–Kier alpha value is -2.24. The summed E-state index contributed by atoms with van der Waals surface area (Å²) in [5.41, 5.74) is 3.08. The molecule has 0 aliphatic carbocycles. The van der Waals surface area contributed by atoms with E-state index in [4.69, 9.17) is 9.47 Å². The molecule has 1 aliphatic rings. The molecule has 118 valence electrons. The van der Waals surface area contributed by atoms with Crippen molar-refractivity contribution in [1.29, 1.82) is 0 Å². The van der Waals surface area contributed by atoms with Gasteiger partial charge in [-0.15, -0.1) is 5.10 Å². The normalized spacial score (nSPS) is 18.3. The van der Waals surface area contributed by atoms with E-state index in [0.717, 1.165) is 11.0 Å². The molecular formula is C18H19N3O2. The first-order valence-corrected chi connectivity index (χ1v) is 7.88. The lowest BCUT2D eigenvalue weighted by Gasteiger charge is -2.28. The molecule has 0 bridgehead atoms. The first kappa shape index (κ1) is 14.4. The summed E-state index contributed by atoms with van der Waals surface area (Å²) < 4.78 is 13.6. The fourth-order valence-electron chi connectivity index (χ4n) is 3.16. The van der Waals surface area contributed by atoms with E-state index in [-0.39, 0.29) is 6.04 Å². The zero-order valence-electron chi connectivity index (χ0n) is 13.1. The third-order valence-electron chi connectivity index (χ3n) is 4.32. The summed E-state index contributed by atoms with van der Waals surface area (Å²) >= 11 is 0. The lowest BCUT2D eigenvalue weighted by Crippen LogP contribution is -2.31. The molecule has 0 saturated carbocycles. The minimum atomic E-state index is -0.590. The number of para-hydroxylation sites is 1. The Kier molecular flexibility index (Phi) is 3.59. The van der Waals surface area contributed by atoms with Crippen LogP contribution in [0.4, 0.5) is 0 Å². The number of ether oxygens (including phenoxy) is 2. The zero-order valence-corrected chi connectivity index (χ0v) is 13.1. The van der Waals surface area contributed by atoms with Gasteiger partial charge in [-0.05, 0) is 24.6 Å². The van der Waals surface area contributed by atoms with Crippen LogP contribution in [-0.4, -0.2) is 34.0 Å². The predicted octanol–water partition coefficient (Wildman–Crippen LogP) is 3.17. The third kappa shape index (κ3) is 2.73. The average Bonchev–Trinajstić information content (AvgIpc) is 3.20. The van der Waals surface area contributed by atoms with Gasteiger partial charge in [0.1, 0.15) is 5.52 Å². The smallest absolute Gasteiger partial charge is 0.168 e. The SMILES string of the molecule is CC1(CC(c2ccccc2)n2nnc3ccccc32)OCCO1. The molecule has 1 unspecified atom stereocenters. The summed E-state index contributed by atoms with van der Waals surface area (Å²) in [5.74, 6) is -0.590. The number of hydrogen-bond donors (Lipinski definition) is 0. The topological polar surface area (TPSA) is 49.2 Å². The summed E-state index contributed by atoms with van der Waals surface area (Å²) in [4.78, 5) is 0. The van der Waals surface area contributed by atoms with Crippen molar-refractivity contribution in [3.63, 3.8) is 0 Å².